The molecule has 4 aromatic rings. The Hall–Kier alpha value is -4.05. The fourth-order valence-corrected chi connectivity index (χ4v) is 4.82. The summed E-state index contributed by atoms with van der Waals surface area (Å²) in [4.78, 5) is 15.9. The van der Waals surface area contributed by atoms with Crippen molar-refractivity contribution in [1.82, 2.24) is 14.5 Å². The Labute approximate surface area is 207 Å². The quantitative estimate of drug-likeness (QED) is 0.321. The van der Waals surface area contributed by atoms with Gasteiger partial charge in [-0.3, -0.25) is 4.99 Å². The fraction of sp³-hybridized carbons (Fsp3) is 0.222. The number of aromatic hydroxyl groups is 1. The van der Waals surface area contributed by atoms with E-state index in [2.05, 4.69) is 16.0 Å². The molecule has 9 nitrogen and oxygen atoms in total. The number of fused-ring (bicyclic) bond motifs is 2. The molecule has 4 N–H and O–H groups in total. The Morgan fingerprint density at radius 1 is 1.06 bits per heavy atom. The monoisotopic (exact) mass is 483 g/mol. The van der Waals surface area contributed by atoms with Crippen molar-refractivity contribution in [3.05, 3.63) is 89.0 Å². The molecule has 2 aromatic carbocycles. The van der Waals surface area contributed by atoms with Crippen LogP contribution in [-0.4, -0.2) is 60.6 Å². The van der Waals surface area contributed by atoms with Gasteiger partial charge in [-0.05, 0) is 34.9 Å². The predicted octanol–water partition coefficient (Wildman–Crippen LogP) is 2.17. The lowest BCUT2D eigenvalue weighted by atomic mass is 9.86. The zero-order chi connectivity index (χ0) is 24.9. The highest BCUT2D eigenvalue weighted by Gasteiger charge is 2.43. The SMILES string of the molecule is Oc1ccc(C2(O)CN(c3cc4c(ncn4CC(O)O)c(C=C4Cc5ccccc5C=N4)n3)C2)cc1. The lowest BCUT2D eigenvalue weighted by molar-refractivity contribution is -0.0505. The number of phenolic OH excluding ortho intramolecular Hbond substituents is 1. The second kappa shape index (κ2) is 8.56. The Morgan fingerprint density at radius 2 is 1.83 bits per heavy atom. The van der Waals surface area contributed by atoms with E-state index < -0.39 is 11.9 Å². The molecule has 2 aromatic heterocycles. The van der Waals surface area contributed by atoms with Crippen molar-refractivity contribution in [1.29, 1.82) is 0 Å². The van der Waals surface area contributed by atoms with E-state index >= 15 is 0 Å². The van der Waals surface area contributed by atoms with Crippen molar-refractivity contribution >= 4 is 29.1 Å². The molecule has 182 valence electrons. The minimum absolute atomic E-state index is 0.0288. The summed E-state index contributed by atoms with van der Waals surface area (Å²) < 4.78 is 1.68. The molecule has 0 bridgehead atoms. The van der Waals surface area contributed by atoms with Gasteiger partial charge < -0.3 is 29.9 Å². The summed E-state index contributed by atoms with van der Waals surface area (Å²) in [6.45, 7) is 0.627. The fourth-order valence-electron chi connectivity index (χ4n) is 4.82. The highest BCUT2D eigenvalue weighted by molar-refractivity contribution is 5.89. The third-order valence-corrected chi connectivity index (χ3v) is 6.71. The molecule has 9 heteroatoms. The van der Waals surface area contributed by atoms with Gasteiger partial charge in [-0.25, -0.2) is 9.97 Å². The maximum Gasteiger partial charge on any atom is 0.169 e. The van der Waals surface area contributed by atoms with Crippen molar-refractivity contribution in [3.8, 4) is 5.75 Å². The molecule has 0 aliphatic carbocycles. The van der Waals surface area contributed by atoms with Crippen molar-refractivity contribution < 1.29 is 20.4 Å². The zero-order valence-electron chi connectivity index (χ0n) is 19.4. The molecule has 4 heterocycles. The van der Waals surface area contributed by atoms with Gasteiger partial charge >= 0.3 is 0 Å². The van der Waals surface area contributed by atoms with Crippen molar-refractivity contribution in [2.75, 3.05) is 18.0 Å². The highest BCUT2D eigenvalue weighted by Crippen LogP contribution is 2.37. The van der Waals surface area contributed by atoms with Crippen LogP contribution >= 0.6 is 0 Å². The molecule has 0 saturated carbocycles. The highest BCUT2D eigenvalue weighted by atomic mass is 16.5. The minimum atomic E-state index is -1.52. The van der Waals surface area contributed by atoms with E-state index in [0.717, 1.165) is 16.8 Å². The number of aliphatic hydroxyl groups is 3. The van der Waals surface area contributed by atoms with Crippen LogP contribution < -0.4 is 4.90 Å². The Kier molecular flexibility index (Phi) is 5.33. The summed E-state index contributed by atoms with van der Waals surface area (Å²) in [5.74, 6) is 0.794. The Balaban J connectivity index is 1.37. The Morgan fingerprint density at radius 3 is 2.61 bits per heavy atom. The van der Waals surface area contributed by atoms with Crippen LogP contribution in [0.5, 0.6) is 5.75 Å². The topological polar surface area (TPSA) is 127 Å². The van der Waals surface area contributed by atoms with Crippen LogP contribution in [-0.2, 0) is 18.6 Å². The molecule has 0 radical (unpaired) electrons. The molecule has 0 atom stereocenters. The number of hydrogen-bond donors (Lipinski definition) is 4. The molecule has 1 saturated heterocycles. The van der Waals surface area contributed by atoms with Crippen LogP contribution in [0, 0.1) is 0 Å². The summed E-state index contributed by atoms with van der Waals surface area (Å²) in [5, 5.41) is 39.8. The molecule has 6 rings (SSSR count). The number of β-amino-alcohol motifs (C(OH)–C–C–N with tert-alkyl or cyclic N) is 1. The molecule has 0 spiro atoms. The maximum absolute atomic E-state index is 11.1. The molecule has 2 aliphatic rings. The van der Waals surface area contributed by atoms with Gasteiger partial charge in [-0.1, -0.05) is 36.4 Å². The van der Waals surface area contributed by atoms with Crippen LogP contribution in [0.1, 0.15) is 22.4 Å². The average Bonchev–Trinajstić information content (AvgIpc) is 3.24. The molecular weight excluding hydrogens is 458 g/mol. The first-order chi connectivity index (χ1) is 17.4. The van der Waals surface area contributed by atoms with Gasteiger partial charge in [0.1, 0.15) is 22.7 Å². The number of pyridine rings is 1. The summed E-state index contributed by atoms with van der Waals surface area (Å²) in [6.07, 6.45) is 4.47. The van der Waals surface area contributed by atoms with Crippen molar-refractivity contribution in [2.24, 2.45) is 4.99 Å². The lowest BCUT2D eigenvalue weighted by Crippen LogP contribution is -2.59. The van der Waals surface area contributed by atoms with Crippen LogP contribution in [0.4, 0.5) is 5.82 Å². The van der Waals surface area contributed by atoms with Crippen molar-refractivity contribution in [2.45, 2.75) is 24.9 Å². The number of hydrogen-bond acceptors (Lipinski definition) is 8. The minimum Gasteiger partial charge on any atom is -0.508 e. The number of anilines is 1. The van der Waals surface area contributed by atoms with Crippen LogP contribution in [0.3, 0.4) is 0 Å². The summed E-state index contributed by atoms with van der Waals surface area (Å²) in [7, 11) is 0. The van der Waals surface area contributed by atoms with E-state index in [4.69, 9.17) is 4.98 Å². The number of phenols is 1. The average molecular weight is 484 g/mol. The van der Waals surface area contributed by atoms with E-state index in [9.17, 15) is 20.4 Å². The van der Waals surface area contributed by atoms with Gasteiger partial charge in [0.15, 0.2) is 6.29 Å². The lowest BCUT2D eigenvalue weighted by Gasteiger charge is -2.47. The molecular formula is C27H25N5O4. The van der Waals surface area contributed by atoms with E-state index in [1.165, 1.54) is 5.56 Å². The number of benzene rings is 2. The summed E-state index contributed by atoms with van der Waals surface area (Å²) in [6, 6.07) is 16.5. The number of aromatic nitrogens is 3. The van der Waals surface area contributed by atoms with Gasteiger partial charge in [0.05, 0.1) is 37.2 Å². The van der Waals surface area contributed by atoms with Gasteiger partial charge in [0.2, 0.25) is 0 Å². The van der Waals surface area contributed by atoms with Crippen LogP contribution in [0.2, 0.25) is 0 Å². The second-order valence-corrected chi connectivity index (χ2v) is 9.31. The first-order valence-electron chi connectivity index (χ1n) is 11.7. The number of nitrogens with zero attached hydrogens (tertiary/aromatic N) is 5. The second-order valence-electron chi connectivity index (χ2n) is 9.31. The van der Waals surface area contributed by atoms with Crippen LogP contribution in [0.15, 0.2) is 71.6 Å². The number of allylic oxidation sites excluding steroid dienone is 1. The third-order valence-electron chi connectivity index (χ3n) is 6.71. The van der Waals surface area contributed by atoms with E-state index in [1.54, 1.807) is 35.2 Å². The molecule has 1 fully saturated rings. The van der Waals surface area contributed by atoms with Crippen LogP contribution in [0.25, 0.3) is 17.1 Å². The van der Waals surface area contributed by atoms with E-state index in [-0.39, 0.29) is 12.3 Å². The van der Waals surface area contributed by atoms with Gasteiger partial charge in [0.25, 0.3) is 0 Å². The van der Waals surface area contributed by atoms with Gasteiger partial charge in [-0.2, -0.15) is 0 Å². The zero-order valence-corrected chi connectivity index (χ0v) is 19.4. The first-order valence-corrected chi connectivity index (χ1v) is 11.7. The molecule has 2 aliphatic heterocycles. The van der Waals surface area contributed by atoms with Gasteiger partial charge in [-0.15, -0.1) is 0 Å². The maximum atomic E-state index is 11.1. The molecule has 36 heavy (non-hydrogen) atoms. The largest absolute Gasteiger partial charge is 0.508 e. The molecule has 0 unspecified atom stereocenters. The first kappa shape index (κ1) is 22.4. The van der Waals surface area contributed by atoms with Gasteiger partial charge in [0, 0.05) is 24.4 Å². The third kappa shape index (κ3) is 4.03. The predicted molar refractivity (Wildman–Crippen MR) is 136 cm³/mol. The smallest absolute Gasteiger partial charge is 0.169 e. The molecule has 0 amide bonds. The number of imidazole rings is 1. The normalized spacial score (nSPS) is 17.6. The van der Waals surface area contributed by atoms with Crippen molar-refractivity contribution in [3.63, 3.8) is 0 Å². The number of aliphatic hydroxyl groups excluding tert-OH is 1. The number of rotatable bonds is 5. The summed E-state index contributed by atoms with van der Waals surface area (Å²) in [5.41, 5.74) is 4.76. The summed E-state index contributed by atoms with van der Waals surface area (Å²) >= 11 is 0. The number of aliphatic imine (C=N–C) groups is 1. The van der Waals surface area contributed by atoms with E-state index in [0.29, 0.717) is 42.1 Å². The standard InChI is InChI=1S/C27H25N5O4/c33-21-7-5-19(6-8-21)27(36)14-32(15-27)24-11-23-26(29-16-31(23)13-25(34)35)22(30-24)10-20-9-17-3-1-2-4-18(17)12-28-20/h1-8,10-12,16,25,33-36H,9,13-15H2. The Bertz CT molecular complexity index is 1500. The van der Waals surface area contributed by atoms with E-state index in [1.807, 2.05) is 41.5 Å².